The zero-order valence-electron chi connectivity index (χ0n) is 12.5. The van der Waals surface area contributed by atoms with Crippen LogP contribution in [0.2, 0.25) is 0 Å². The molecule has 0 bridgehead atoms. The number of benzene rings is 2. The molecule has 1 aliphatic heterocycles. The van der Waals surface area contributed by atoms with Crippen LogP contribution in [-0.4, -0.2) is 11.9 Å². The highest BCUT2D eigenvalue weighted by Crippen LogP contribution is 2.34. The second-order valence-electron chi connectivity index (χ2n) is 5.60. The first-order valence-electron chi connectivity index (χ1n) is 7.41. The number of nitrogens with one attached hydrogen (secondary N) is 1. The van der Waals surface area contributed by atoms with Crippen LogP contribution in [0.15, 0.2) is 48.5 Å². The van der Waals surface area contributed by atoms with Crippen LogP contribution in [0, 0.1) is 0 Å². The van der Waals surface area contributed by atoms with Crippen molar-refractivity contribution >= 4 is 17.4 Å². The van der Waals surface area contributed by atoms with Crippen LogP contribution < -0.4 is 10.1 Å². The summed E-state index contributed by atoms with van der Waals surface area (Å²) in [5.41, 5.74) is 4.03. The zero-order valence-corrected chi connectivity index (χ0v) is 13.3. The molecule has 1 unspecified atom stereocenters. The van der Waals surface area contributed by atoms with Crippen molar-refractivity contribution in [2.75, 3.05) is 11.1 Å². The van der Waals surface area contributed by atoms with E-state index in [-0.39, 0.29) is 6.10 Å². The largest absolute Gasteiger partial charge is 0.491 e. The molecule has 1 heterocycles. The van der Waals surface area contributed by atoms with E-state index >= 15 is 0 Å². The van der Waals surface area contributed by atoms with Gasteiger partial charge in [0, 0.05) is 17.2 Å². The van der Waals surface area contributed by atoms with Gasteiger partial charge in [0.1, 0.15) is 5.75 Å². The molecule has 110 valence electrons. The lowest BCUT2D eigenvalue weighted by Crippen LogP contribution is -2.18. The summed E-state index contributed by atoms with van der Waals surface area (Å²) in [6.45, 7) is 4.09. The molecule has 2 aromatic rings. The van der Waals surface area contributed by atoms with Gasteiger partial charge in [-0.25, -0.2) is 0 Å². The molecule has 1 aliphatic rings. The van der Waals surface area contributed by atoms with E-state index in [1.54, 1.807) is 0 Å². The predicted molar refractivity (Wildman–Crippen MR) is 91.2 cm³/mol. The first-order valence-corrected chi connectivity index (χ1v) is 8.56. The van der Waals surface area contributed by atoms with E-state index in [0.717, 1.165) is 22.9 Å². The minimum absolute atomic E-state index is 0.213. The number of ether oxygens (including phenoxy) is 1. The lowest BCUT2D eigenvalue weighted by molar-refractivity contribution is 0.242. The van der Waals surface area contributed by atoms with Crippen LogP contribution in [0.3, 0.4) is 0 Å². The topological polar surface area (TPSA) is 21.3 Å². The molecule has 0 saturated heterocycles. The summed E-state index contributed by atoms with van der Waals surface area (Å²) in [6, 6.07) is 17.4. The van der Waals surface area contributed by atoms with Gasteiger partial charge in [-0.15, -0.1) is 0 Å². The van der Waals surface area contributed by atoms with Crippen molar-refractivity contribution in [2.45, 2.75) is 31.7 Å². The third-order valence-corrected chi connectivity index (χ3v) is 4.62. The van der Waals surface area contributed by atoms with Gasteiger partial charge in [-0.3, -0.25) is 0 Å². The fourth-order valence-corrected chi connectivity index (χ4v) is 3.70. The summed E-state index contributed by atoms with van der Waals surface area (Å²) in [5, 5.41) is 3.64. The van der Waals surface area contributed by atoms with Crippen LogP contribution in [0.25, 0.3) is 0 Å². The number of anilines is 1. The van der Waals surface area contributed by atoms with E-state index in [1.165, 1.54) is 11.1 Å². The minimum atomic E-state index is 0.213. The number of thioether (sulfide) groups is 1. The van der Waals surface area contributed by atoms with Crippen molar-refractivity contribution in [1.82, 2.24) is 0 Å². The molecule has 1 N–H and O–H groups in total. The molecule has 21 heavy (non-hydrogen) atoms. The lowest BCUT2D eigenvalue weighted by atomic mass is 10.0. The van der Waals surface area contributed by atoms with Gasteiger partial charge in [-0.1, -0.05) is 24.3 Å². The summed E-state index contributed by atoms with van der Waals surface area (Å²) in [5.74, 6) is 3.16. The fraction of sp³-hybridized carbons (Fsp3) is 0.333. The quantitative estimate of drug-likeness (QED) is 0.870. The third kappa shape index (κ3) is 3.53. The van der Waals surface area contributed by atoms with Crippen LogP contribution in [0.4, 0.5) is 5.69 Å². The van der Waals surface area contributed by atoms with E-state index in [2.05, 4.69) is 41.7 Å². The number of fused-ring (bicyclic) bond motifs is 1. The monoisotopic (exact) mass is 299 g/mol. The molecule has 0 saturated carbocycles. The highest BCUT2D eigenvalue weighted by Gasteiger charge is 2.19. The number of hydrogen-bond acceptors (Lipinski definition) is 3. The summed E-state index contributed by atoms with van der Waals surface area (Å²) >= 11 is 1.99. The maximum absolute atomic E-state index is 5.68. The molecule has 0 spiro atoms. The second kappa shape index (κ2) is 6.44. The van der Waals surface area contributed by atoms with E-state index in [1.807, 2.05) is 37.7 Å². The standard InChI is InChI=1S/C18H21NOS/c1-13(2)20-16-9-7-15(8-10-16)19-18-12-21-11-14-5-3-4-6-17(14)18/h3-10,13,18-19H,11-12H2,1-2H3. The first kappa shape index (κ1) is 14.3. The Kier molecular flexibility index (Phi) is 4.39. The fourth-order valence-electron chi connectivity index (χ4n) is 2.60. The summed E-state index contributed by atoms with van der Waals surface area (Å²) in [7, 11) is 0. The molecular formula is C18H21NOS. The molecule has 2 aromatic carbocycles. The number of rotatable bonds is 4. The molecule has 0 radical (unpaired) electrons. The zero-order chi connectivity index (χ0) is 14.7. The average molecular weight is 299 g/mol. The average Bonchev–Trinajstić information content (AvgIpc) is 2.49. The maximum atomic E-state index is 5.68. The Bertz CT molecular complexity index is 594. The third-order valence-electron chi connectivity index (χ3n) is 3.54. The van der Waals surface area contributed by atoms with E-state index < -0.39 is 0 Å². The molecular weight excluding hydrogens is 278 g/mol. The Balaban J connectivity index is 1.73. The molecule has 0 fully saturated rings. The summed E-state index contributed by atoms with van der Waals surface area (Å²) < 4.78 is 5.68. The molecule has 0 amide bonds. The van der Waals surface area contributed by atoms with E-state index in [0.29, 0.717) is 6.04 Å². The highest BCUT2D eigenvalue weighted by atomic mass is 32.2. The Morgan fingerprint density at radius 2 is 1.86 bits per heavy atom. The van der Waals surface area contributed by atoms with Gasteiger partial charge < -0.3 is 10.1 Å². The minimum Gasteiger partial charge on any atom is -0.491 e. The van der Waals surface area contributed by atoms with E-state index in [9.17, 15) is 0 Å². The van der Waals surface area contributed by atoms with E-state index in [4.69, 9.17) is 4.74 Å². The van der Waals surface area contributed by atoms with Gasteiger partial charge in [0.15, 0.2) is 0 Å². The van der Waals surface area contributed by atoms with Gasteiger partial charge >= 0.3 is 0 Å². The van der Waals surface area contributed by atoms with Crippen molar-refractivity contribution in [2.24, 2.45) is 0 Å². The molecule has 3 heteroatoms. The summed E-state index contributed by atoms with van der Waals surface area (Å²) in [6.07, 6.45) is 0.213. The van der Waals surface area contributed by atoms with Crippen molar-refractivity contribution < 1.29 is 4.74 Å². The van der Waals surface area contributed by atoms with Crippen LogP contribution in [0.5, 0.6) is 5.75 Å². The molecule has 0 aliphatic carbocycles. The SMILES string of the molecule is CC(C)Oc1ccc(NC2CSCc3ccccc32)cc1. The van der Waals surface area contributed by atoms with Gasteiger partial charge in [0.2, 0.25) is 0 Å². The Morgan fingerprint density at radius 1 is 1.10 bits per heavy atom. The predicted octanol–water partition coefficient (Wildman–Crippen LogP) is 4.87. The van der Waals surface area contributed by atoms with Crippen LogP contribution in [-0.2, 0) is 5.75 Å². The second-order valence-corrected chi connectivity index (χ2v) is 6.63. The Hall–Kier alpha value is -1.61. The normalized spacial score (nSPS) is 17.4. The van der Waals surface area contributed by atoms with Crippen LogP contribution in [0.1, 0.15) is 31.0 Å². The highest BCUT2D eigenvalue weighted by molar-refractivity contribution is 7.98. The van der Waals surface area contributed by atoms with Gasteiger partial charge in [-0.05, 0) is 49.2 Å². The van der Waals surface area contributed by atoms with Crippen molar-refractivity contribution in [3.05, 3.63) is 59.7 Å². The summed E-state index contributed by atoms with van der Waals surface area (Å²) in [4.78, 5) is 0. The van der Waals surface area contributed by atoms with Crippen molar-refractivity contribution in [1.29, 1.82) is 0 Å². The maximum Gasteiger partial charge on any atom is 0.119 e. The number of hydrogen-bond donors (Lipinski definition) is 1. The van der Waals surface area contributed by atoms with Gasteiger partial charge in [-0.2, -0.15) is 11.8 Å². The van der Waals surface area contributed by atoms with Crippen LogP contribution >= 0.6 is 11.8 Å². The molecule has 3 rings (SSSR count). The van der Waals surface area contributed by atoms with Gasteiger partial charge in [0.25, 0.3) is 0 Å². The first-order chi connectivity index (χ1) is 10.2. The smallest absolute Gasteiger partial charge is 0.119 e. The Morgan fingerprint density at radius 3 is 2.62 bits per heavy atom. The van der Waals surface area contributed by atoms with Crippen molar-refractivity contribution in [3.8, 4) is 5.75 Å². The van der Waals surface area contributed by atoms with Crippen molar-refractivity contribution in [3.63, 3.8) is 0 Å². The molecule has 2 nitrogen and oxygen atoms in total. The molecule has 0 aromatic heterocycles. The Labute approximate surface area is 130 Å². The molecule has 1 atom stereocenters. The lowest BCUT2D eigenvalue weighted by Gasteiger charge is -2.27. The van der Waals surface area contributed by atoms with Gasteiger partial charge in [0.05, 0.1) is 12.1 Å².